The SMILES string of the molecule is CC1CC(OC(=O)[C@H]2CCCN2)CC(C)(C)C1. The fourth-order valence-corrected chi connectivity index (χ4v) is 3.48. The van der Waals surface area contributed by atoms with E-state index in [4.69, 9.17) is 4.74 Å². The van der Waals surface area contributed by atoms with Crippen LogP contribution in [0.15, 0.2) is 0 Å². The second-order valence-corrected chi connectivity index (χ2v) is 6.62. The van der Waals surface area contributed by atoms with Crippen LogP contribution >= 0.6 is 0 Å². The number of ether oxygens (including phenoxy) is 1. The third-order valence-corrected chi connectivity index (χ3v) is 3.97. The van der Waals surface area contributed by atoms with E-state index >= 15 is 0 Å². The molecule has 2 fully saturated rings. The molecule has 2 rings (SSSR count). The van der Waals surface area contributed by atoms with Crippen LogP contribution in [0.4, 0.5) is 0 Å². The van der Waals surface area contributed by atoms with Gasteiger partial charge in [-0.05, 0) is 50.0 Å². The molecule has 1 aliphatic heterocycles. The zero-order chi connectivity index (χ0) is 12.5. The van der Waals surface area contributed by atoms with E-state index in [2.05, 4.69) is 26.1 Å². The Bertz CT molecular complexity index is 282. The summed E-state index contributed by atoms with van der Waals surface area (Å²) in [4.78, 5) is 11.9. The lowest BCUT2D eigenvalue weighted by Crippen LogP contribution is -2.39. The first-order valence-electron chi connectivity index (χ1n) is 6.90. The Labute approximate surface area is 104 Å². The Balaban J connectivity index is 1.87. The number of rotatable bonds is 2. The van der Waals surface area contributed by atoms with E-state index in [1.54, 1.807) is 0 Å². The van der Waals surface area contributed by atoms with Crippen molar-refractivity contribution in [3.63, 3.8) is 0 Å². The Hall–Kier alpha value is -0.570. The van der Waals surface area contributed by atoms with Gasteiger partial charge in [0.05, 0.1) is 0 Å². The summed E-state index contributed by atoms with van der Waals surface area (Å²) in [6, 6.07) is -0.0460. The van der Waals surface area contributed by atoms with Crippen molar-refractivity contribution < 1.29 is 9.53 Å². The standard InChI is InChI=1S/C14H25NO2/c1-10-7-11(9-14(2,3)8-10)17-13(16)12-5-4-6-15-12/h10-12,15H,4-9H2,1-3H3/t10?,11?,12-/m1/s1. The van der Waals surface area contributed by atoms with Crippen LogP contribution in [0.2, 0.25) is 0 Å². The molecule has 1 saturated heterocycles. The first-order chi connectivity index (χ1) is 7.96. The molecule has 2 aliphatic rings. The Kier molecular flexibility index (Phi) is 3.76. The molecule has 3 nitrogen and oxygen atoms in total. The molecule has 0 amide bonds. The normalized spacial score (nSPS) is 36.8. The minimum absolute atomic E-state index is 0.0302. The molecule has 2 unspecified atom stereocenters. The van der Waals surface area contributed by atoms with E-state index in [0.717, 1.165) is 32.2 Å². The van der Waals surface area contributed by atoms with E-state index in [9.17, 15) is 4.79 Å². The minimum atomic E-state index is -0.0460. The molecular formula is C14H25NO2. The fraction of sp³-hybridized carbons (Fsp3) is 0.929. The number of hydrogen-bond acceptors (Lipinski definition) is 3. The summed E-state index contributed by atoms with van der Waals surface area (Å²) in [6.45, 7) is 7.76. The van der Waals surface area contributed by atoms with Gasteiger partial charge in [-0.2, -0.15) is 0 Å². The molecular weight excluding hydrogens is 214 g/mol. The highest BCUT2D eigenvalue weighted by molar-refractivity contribution is 5.76. The average Bonchev–Trinajstić information content (AvgIpc) is 2.65. The number of hydrogen-bond donors (Lipinski definition) is 1. The molecule has 1 N–H and O–H groups in total. The maximum Gasteiger partial charge on any atom is 0.323 e. The van der Waals surface area contributed by atoms with E-state index in [1.807, 2.05) is 0 Å². The number of nitrogens with one attached hydrogen (secondary N) is 1. The van der Waals surface area contributed by atoms with Crippen molar-refractivity contribution in [3.8, 4) is 0 Å². The maximum absolute atomic E-state index is 11.9. The monoisotopic (exact) mass is 239 g/mol. The van der Waals surface area contributed by atoms with Gasteiger partial charge < -0.3 is 10.1 Å². The predicted octanol–water partition coefficient (Wildman–Crippen LogP) is 2.50. The lowest BCUT2D eigenvalue weighted by Gasteiger charge is -2.38. The molecule has 98 valence electrons. The van der Waals surface area contributed by atoms with Crippen molar-refractivity contribution in [1.82, 2.24) is 5.32 Å². The lowest BCUT2D eigenvalue weighted by atomic mass is 9.71. The molecule has 1 aliphatic carbocycles. The third kappa shape index (κ3) is 3.44. The molecule has 0 aromatic heterocycles. The summed E-state index contributed by atoms with van der Waals surface area (Å²) in [5, 5.41) is 3.20. The Morgan fingerprint density at radius 1 is 1.35 bits per heavy atom. The van der Waals surface area contributed by atoms with E-state index < -0.39 is 0 Å². The summed E-state index contributed by atoms with van der Waals surface area (Å²) >= 11 is 0. The second kappa shape index (κ2) is 4.97. The van der Waals surface area contributed by atoms with Crippen LogP contribution in [0, 0.1) is 11.3 Å². The topological polar surface area (TPSA) is 38.3 Å². The summed E-state index contributed by atoms with van der Waals surface area (Å²) in [6.07, 6.45) is 5.43. The van der Waals surface area contributed by atoms with Gasteiger partial charge in [0.25, 0.3) is 0 Å². The Morgan fingerprint density at radius 3 is 2.71 bits per heavy atom. The minimum Gasteiger partial charge on any atom is -0.461 e. The first-order valence-corrected chi connectivity index (χ1v) is 6.90. The summed E-state index contributed by atoms with van der Waals surface area (Å²) in [7, 11) is 0. The van der Waals surface area contributed by atoms with Gasteiger partial charge in [0.1, 0.15) is 12.1 Å². The van der Waals surface area contributed by atoms with Gasteiger partial charge in [-0.1, -0.05) is 20.8 Å². The van der Waals surface area contributed by atoms with Gasteiger partial charge in [0.15, 0.2) is 0 Å². The predicted molar refractivity (Wildman–Crippen MR) is 67.7 cm³/mol. The van der Waals surface area contributed by atoms with Crippen LogP contribution in [0.5, 0.6) is 0 Å². The van der Waals surface area contributed by atoms with Crippen molar-refractivity contribution in [1.29, 1.82) is 0 Å². The summed E-state index contributed by atoms with van der Waals surface area (Å²) in [5.41, 5.74) is 0.311. The highest BCUT2D eigenvalue weighted by Gasteiger charge is 2.35. The molecule has 17 heavy (non-hydrogen) atoms. The van der Waals surface area contributed by atoms with Gasteiger partial charge in [0.2, 0.25) is 0 Å². The van der Waals surface area contributed by atoms with E-state index in [-0.39, 0.29) is 18.1 Å². The van der Waals surface area contributed by atoms with Crippen LogP contribution in [0.3, 0.4) is 0 Å². The highest BCUT2D eigenvalue weighted by atomic mass is 16.5. The van der Waals surface area contributed by atoms with Crippen LogP contribution in [-0.4, -0.2) is 24.7 Å². The molecule has 0 radical (unpaired) electrons. The molecule has 3 heteroatoms. The molecule has 3 atom stereocenters. The third-order valence-electron chi connectivity index (χ3n) is 3.97. The molecule has 0 spiro atoms. The van der Waals surface area contributed by atoms with Gasteiger partial charge in [-0.15, -0.1) is 0 Å². The zero-order valence-electron chi connectivity index (χ0n) is 11.3. The molecule has 1 saturated carbocycles. The van der Waals surface area contributed by atoms with Crippen LogP contribution < -0.4 is 5.32 Å². The summed E-state index contributed by atoms with van der Waals surface area (Å²) in [5.74, 6) is 0.630. The van der Waals surface area contributed by atoms with Gasteiger partial charge >= 0.3 is 5.97 Å². The number of carbonyl (C=O) groups is 1. The van der Waals surface area contributed by atoms with Crippen molar-refractivity contribution in [3.05, 3.63) is 0 Å². The zero-order valence-corrected chi connectivity index (χ0v) is 11.3. The van der Waals surface area contributed by atoms with Crippen LogP contribution in [-0.2, 0) is 9.53 Å². The highest BCUT2D eigenvalue weighted by Crippen LogP contribution is 2.39. The fourth-order valence-electron chi connectivity index (χ4n) is 3.48. The van der Waals surface area contributed by atoms with Gasteiger partial charge in [0, 0.05) is 0 Å². The van der Waals surface area contributed by atoms with Crippen molar-refractivity contribution in [2.75, 3.05) is 6.54 Å². The number of carbonyl (C=O) groups excluding carboxylic acids is 1. The molecule has 0 aromatic rings. The molecule has 0 bridgehead atoms. The van der Waals surface area contributed by atoms with Crippen molar-refractivity contribution in [2.45, 2.75) is 65.0 Å². The second-order valence-electron chi connectivity index (χ2n) is 6.62. The average molecular weight is 239 g/mol. The van der Waals surface area contributed by atoms with Crippen molar-refractivity contribution in [2.24, 2.45) is 11.3 Å². The molecule has 1 heterocycles. The van der Waals surface area contributed by atoms with Gasteiger partial charge in [-0.3, -0.25) is 4.79 Å². The first kappa shape index (κ1) is 12.9. The van der Waals surface area contributed by atoms with Crippen molar-refractivity contribution >= 4 is 5.97 Å². The smallest absolute Gasteiger partial charge is 0.323 e. The molecule has 0 aromatic carbocycles. The lowest BCUT2D eigenvalue weighted by molar-refractivity contribution is -0.155. The van der Waals surface area contributed by atoms with Crippen LogP contribution in [0.1, 0.15) is 52.9 Å². The Morgan fingerprint density at radius 2 is 2.12 bits per heavy atom. The quantitative estimate of drug-likeness (QED) is 0.752. The number of esters is 1. The van der Waals surface area contributed by atoms with E-state index in [0.29, 0.717) is 11.3 Å². The van der Waals surface area contributed by atoms with Crippen LogP contribution in [0.25, 0.3) is 0 Å². The largest absolute Gasteiger partial charge is 0.461 e. The summed E-state index contributed by atoms with van der Waals surface area (Å²) < 4.78 is 5.68. The van der Waals surface area contributed by atoms with E-state index in [1.165, 1.54) is 6.42 Å². The maximum atomic E-state index is 11.9. The van der Waals surface area contributed by atoms with Gasteiger partial charge in [-0.25, -0.2) is 0 Å².